The van der Waals surface area contributed by atoms with Gasteiger partial charge in [-0.25, -0.2) is 19.7 Å². The number of ether oxygens (including phenoxy) is 1. The van der Waals surface area contributed by atoms with Crippen LogP contribution in [0.4, 0.5) is 0 Å². The van der Waals surface area contributed by atoms with Crippen molar-refractivity contribution >= 4 is 27.5 Å². The van der Waals surface area contributed by atoms with Crippen molar-refractivity contribution in [1.82, 2.24) is 15.0 Å². The van der Waals surface area contributed by atoms with E-state index in [9.17, 15) is 25.2 Å². The van der Waals surface area contributed by atoms with Crippen LogP contribution in [0.3, 0.4) is 0 Å². The molecule has 4 N–H and O–H groups in total. The predicted octanol–water partition coefficient (Wildman–Crippen LogP) is 5.79. The fourth-order valence-electron chi connectivity index (χ4n) is 4.70. The third-order valence-electron chi connectivity index (χ3n) is 6.67. The van der Waals surface area contributed by atoms with Gasteiger partial charge in [0.05, 0.1) is 29.2 Å². The van der Waals surface area contributed by atoms with Crippen LogP contribution in [0.1, 0.15) is 10.4 Å². The van der Waals surface area contributed by atoms with Crippen LogP contribution in [0.2, 0.25) is 0 Å². The molecule has 5 aromatic carbocycles. The summed E-state index contributed by atoms with van der Waals surface area (Å²) in [6, 6.07) is 22.9. The molecule has 0 unspecified atom stereocenters. The van der Waals surface area contributed by atoms with E-state index in [0.29, 0.717) is 21.9 Å². The zero-order valence-electron chi connectivity index (χ0n) is 21.0. The van der Waals surface area contributed by atoms with Crippen molar-refractivity contribution in [3.63, 3.8) is 0 Å². The minimum Gasteiger partial charge on any atom is -0.507 e. The minimum atomic E-state index is -0.535. The molecule has 1 aromatic heterocycles. The third kappa shape index (κ3) is 3.97. The Hall–Kier alpha value is -5.70. The average Bonchev–Trinajstić information content (AvgIpc) is 2.99. The fourth-order valence-corrected chi connectivity index (χ4v) is 4.70. The summed E-state index contributed by atoms with van der Waals surface area (Å²) in [6.45, 7) is 0. The summed E-state index contributed by atoms with van der Waals surface area (Å²) in [5, 5.41) is 45.0. The number of phenolic OH excluding ortho intramolecular Hbond substituents is 4. The van der Waals surface area contributed by atoms with Crippen LogP contribution >= 0.6 is 0 Å². The molecule has 6 aromatic rings. The van der Waals surface area contributed by atoms with Gasteiger partial charge in [0.15, 0.2) is 17.5 Å². The molecule has 0 atom stereocenters. The van der Waals surface area contributed by atoms with Gasteiger partial charge in [0.1, 0.15) is 23.0 Å². The monoisotopic (exact) mass is 531 g/mol. The Labute approximate surface area is 227 Å². The van der Waals surface area contributed by atoms with Crippen LogP contribution in [-0.4, -0.2) is 48.5 Å². The first-order valence-electron chi connectivity index (χ1n) is 12.2. The molecule has 0 aliphatic heterocycles. The number of benzene rings is 5. The number of carbonyl (C=O) groups excluding carboxylic acids is 1. The van der Waals surface area contributed by atoms with Gasteiger partial charge < -0.3 is 25.2 Å². The Morgan fingerprint density at radius 3 is 2.00 bits per heavy atom. The van der Waals surface area contributed by atoms with Gasteiger partial charge in [-0.2, -0.15) is 0 Å². The van der Waals surface area contributed by atoms with Gasteiger partial charge in [-0.05, 0) is 36.4 Å². The molecule has 0 saturated heterocycles. The van der Waals surface area contributed by atoms with E-state index >= 15 is 0 Å². The second-order valence-electron chi connectivity index (χ2n) is 9.02. The van der Waals surface area contributed by atoms with Gasteiger partial charge in [0.25, 0.3) is 0 Å². The summed E-state index contributed by atoms with van der Waals surface area (Å²) in [5.74, 6) is -0.916. The Morgan fingerprint density at radius 1 is 0.625 bits per heavy atom. The van der Waals surface area contributed by atoms with Crippen molar-refractivity contribution in [2.24, 2.45) is 0 Å². The van der Waals surface area contributed by atoms with E-state index in [4.69, 9.17) is 4.74 Å². The highest BCUT2D eigenvalue weighted by molar-refractivity contribution is 6.14. The SMILES string of the molecule is COC(=O)c1cccc(-c2nc(-c3ccccc3O)nc(-c3ccc4c(O)c5ccccc5c(O)c4c3O)n2)c1. The molecule has 0 aliphatic carbocycles. The molecule has 1 heterocycles. The molecule has 0 saturated carbocycles. The van der Waals surface area contributed by atoms with Crippen molar-refractivity contribution in [3.8, 4) is 57.2 Å². The molecule has 40 heavy (non-hydrogen) atoms. The molecule has 0 amide bonds. The van der Waals surface area contributed by atoms with Crippen molar-refractivity contribution in [2.75, 3.05) is 7.11 Å². The lowest BCUT2D eigenvalue weighted by molar-refractivity contribution is 0.0600. The zero-order valence-corrected chi connectivity index (χ0v) is 21.0. The van der Waals surface area contributed by atoms with E-state index in [1.807, 2.05) is 0 Å². The number of hydrogen-bond donors (Lipinski definition) is 4. The van der Waals surface area contributed by atoms with Crippen LogP contribution in [0.15, 0.2) is 84.9 Å². The number of rotatable bonds is 4. The summed E-state index contributed by atoms with van der Waals surface area (Å²) in [7, 11) is 1.28. The van der Waals surface area contributed by atoms with Gasteiger partial charge in [0, 0.05) is 21.7 Å². The molecular formula is C31H21N3O6. The lowest BCUT2D eigenvalue weighted by atomic mass is 9.97. The summed E-state index contributed by atoms with van der Waals surface area (Å²) in [5.41, 5.74) is 1.23. The molecule has 9 heteroatoms. The van der Waals surface area contributed by atoms with Crippen LogP contribution < -0.4 is 0 Å². The number of aromatic hydroxyl groups is 4. The molecular weight excluding hydrogens is 510 g/mol. The van der Waals surface area contributed by atoms with Crippen LogP contribution in [0, 0.1) is 0 Å². The standard InChI is InChI=1S/C31H21N3O6/c1-40-31(39)17-8-6-7-16(15-17)28-32-29(20-11-4-5-12-23(20)35)34-30(33-28)22-14-13-21-24(27(22)38)26(37)19-10-3-2-9-18(19)25(21)36/h2-15,35-38H,1H3. The normalized spacial score (nSPS) is 11.1. The number of aromatic nitrogens is 3. The lowest BCUT2D eigenvalue weighted by Crippen LogP contribution is -2.03. The predicted molar refractivity (Wildman–Crippen MR) is 149 cm³/mol. The molecule has 0 spiro atoms. The highest BCUT2D eigenvalue weighted by Crippen LogP contribution is 2.47. The molecule has 0 radical (unpaired) electrons. The number of fused-ring (bicyclic) bond motifs is 2. The largest absolute Gasteiger partial charge is 0.507 e. The highest BCUT2D eigenvalue weighted by atomic mass is 16.5. The van der Waals surface area contributed by atoms with E-state index in [1.165, 1.54) is 19.2 Å². The van der Waals surface area contributed by atoms with E-state index in [2.05, 4.69) is 15.0 Å². The molecule has 0 bridgehead atoms. The molecule has 9 nitrogen and oxygen atoms in total. The number of para-hydroxylation sites is 1. The van der Waals surface area contributed by atoms with E-state index in [1.54, 1.807) is 72.8 Å². The quantitative estimate of drug-likeness (QED) is 0.126. The number of phenols is 4. The van der Waals surface area contributed by atoms with Gasteiger partial charge in [-0.3, -0.25) is 0 Å². The van der Waals surface area contributed by atoms with Crippen LogP contribution in [0.25, 0.3) is 55.7 Å². The number of methoxy groups -OCH3 is 1. The first-order chi connectivity index (χ1) is 19.4. The van der Waals surface area contributed by atoms with Gasteiger partial charge in [-0.15, -0.1) is 0 Å². The van der Waals surface area contributed by atoms with E-state index < -0.39 is 5.97 Å². The van der Waals surface area contributed by atoms with Gasteiger partial charge >= 0.3 is 5.97 Å². The Morgan fingerprint density at radius 2 is 1.27 bits per heavy atom. The van der Waals surface area contributed by atoms with Crippen LogP contribution in [0.5, 0.6) is 23.0 Å². The first-order valence-corrected chi connectivity index (χ1v) is 12.2. The first kappa shape index (κ1) is 24.6. The highest BCUT2D eigenvalue weighted by Gasteiger charge is 2.22. The number of nitrogens with zero attached hydrogens (tertiary/aromatic N) is 3. The third-order valence-corrected chi connectivity index (χ3v) is 6.67. The molecule has 0 fully saturated rings. The minimum absolute atomic E-state index is 0.0347. The summed E-state index contributed by atoms with van der Waals surface area (Å²) >= 11 is 0. The smallest absolute Gasteiger partial charge is 0.337 e. The van der Waals surface area contributed by atoms with Crippen molar-refractivity contribution in [1.29, 1.82) is 0 Å². The van der Waals surface area contributed by atoms with E-state index in [-0.39, 0.29) is 62.4 Å². The second kappa shape index (κ2) is 9.55. The maximum atomic E-state index is 12.2. The molecule has 196 valence electrons. The van der Waals surface area contributed by atoms with E-state index in [0.717, 1.165) is 0 Å². The maximum absolute atomic E-state index is 12.2. The Bertz CT molecular complexity index is 1970. The average molecular weight is 532 g/mol. The van der Waals surface area contributed by atoms with Gasteiger partial charge in [-0.1, -0.05) is 48.5 Å². The van der Waals surface area contributed by atoms with Crippen molar-refractivity contribution in [2.45, 2.75) is 0 Å². The lowest BCUT2D eigenvalue weighted by Gasteiger charge is -2.14. The Kier molecular flexibility index (Phi) is 5.88. The van der Waals surface area contributed by atoms with Crippen molar-refractivity contribution in [3.05, 3.63) is 90.5 Å². The molecule has 6 rings (SSSR count). The topological polar surface area (TPSA) is 146 Å². The summed E-state index contributed by atoms with van der Waals surface area (Å²) in [4.78, 5) is 25.8. The number of carbonyl (C=O) groups is 1. The summed E-state index contributed by atoms with van der Waals surface area (Å²) in [6.07, 6.45) is 0. The molecule has 0 aliphatic rings. The maximum Gasteiger partial charge on any atom is 0.337 e. The number of esters is 1. The second-order valence-corrected chi connectivity index (χ2v) is 9.02. The van der Waals surface area contributed by atoms with Crippen molar-refractivity contribution < 1.29 is 30.0 Å². The summed E-state index contributed by atoms with van der Waals surface area (Å²) < 4.78 is 4.83. The fraction of sp³-hybridized carbons (Fsp3) is 0.0323. The Balaban J connectivity index is 1.63. The number of hydrogen-bond acceptors (Lipinski definition) is 9. The zero-order chi connectivity index (χ0) is 28.0. The van der Waals surface area contributed by atoms with Crippen LogP contribution in [-0.2, 0) is 4.74 Å². The van der Waals surface area contributed by atoms with Gasteiger partial charge in [0.2, 0.25) is 0 Å².